The fourth-order valence-corrected chi connectivity index (χ4v) is 1.64. The van der Waals surface area contributed by atoms with Crippen LogP contribution in [0, 0.1) is 17.1 Å². The lowest BCUT2D eigenvalue weighted by atomic mass is 10.1. The first-order valence-electron chi connectivity index (χ1n) is 6.59. The molecule has 22 heavy (non-hydrogen) atoms. The van der Waals surface area contributed by atoms with E-state index in [2.05, 4.69) is 10.6 Å². The predicted molar refractivity (Wildman–Crippen MR) is 79.8 cm³/mol. The maximum Gasteiger partial charge on any atom is 0.325 e. The van der Waals surface area contributed by atoms with Gasteiger partial charge >= 0.3 is 5.97 Å². The van der Waals surface area contributed by atoms with Gasteiger partial charge < -0.3 is 15.4 Å². The number of nitriles is 1. The number of amides is 1. The van der Waals surface area contributed by atoms with Gasteiger partial charge in [0.2, 0.25) is 5.91 Å². The molecule has 6 nitrogen and oxygen atoms in total. The highest BCUT2D eigenvalue weighted by Crippen LogP contribution is 2.24. The Bertz CT molecular complexity index is 630. The van der Waals surface area contributed by atoms with E-state index in [-0.39, 0.29) is 29.4 Å². The molecule has 0 fully saturated rings. The zero-order valence-corrected chi connectivity index (χ0v) is 12.9. The Kier molecular flexibility index (Phi) is 5.46. The van der Waals surface area contributed by atoms with Crippen LogP contribution in [0.15, 0.2) is 12.1 Å². The summed E-state index contributed by atoms with van der Waals surface area (Å²) >= 11 is 0. The molecule has 1 aromatic rings. The second-order valence-electron chi connectivity index (χ2n) is 5.61. The van der Waals surface area contributed by atoms with Gasteiger partial charge in [0.15, 0.2) is 0 Å². The number of nitrogens with zero attached hydrogens (tertiary/aromatic N) is 1. The van der Waals surface area contributed by atoms with Crippen LogP contribution in [0.4, 0.5) is 15.8 Å². The van der Waals surface area contributed by atoms with Crippen molar-refractivity contribution in [2.45, 2.75) is 33.3 Å². The molecule has 0 aliphatic rings. The molecule has 0 spiro atoms. The molecule has 118 valence electrons. The summed E-state index contributed by atoms with van der Waals surface area (Å²) in [5.41, 5.74) is -0.476. The zero-order valence-electron chi connectivity index (χ0n) is 12.9. The van der Waals surface area contributed by atoms with Gasteiger partial charge in [-0.2, -0.15) is 5.26 Å². The second-order valence-corrected chi connectivity index (χ2v) is 5.61. The van der Waals surface area contributed by atoms with Crippen LogP contribution < -0.4 is 10.6 Å². The van der Waals surface area contributed by atoms with E-state index in [0.29, 0.717) is 0 Å². The molecular weight excluding hydrogens is 289 g/mol. The fourth-order valence-electron chi connectivity index (χ4n) is 1.64. The highest BCUT2D eigenvalue weighted by molar-refractivity contribution is 5.91. The molecule has 0 atom stereocenters. The van der Waals surface area contributed by atoms with Gasteiger partial charge in [-0.1, -0.05) is 0 Å². The van der Waals surface area contributed by atoms with Crippen molar-refractivity contribution in [3.8, 4) is 6.07 Å². The summed E-state index contributed by atoms with van der Waals surface area (Å²) in [6.07, 6.45) is 0. The first kappa shape index (κ1) is 17.4. The van der Waals surface area contributed by atoms with Crippen LogP contribution in [0.3, 0.4) is 0 Å². The molecule has 1 rings (SSSR count). The number of halogens is 1. The van der Waals surface area contributed by atoms with E-state index in [1.54, 1.807) is 26.8 Å². The number of carbonyl (C=O) groups is 2. The number of carbonyl (C=O) groups excluding carboxylic acids is 2. The maximum atomic E-state index is 13.9. The number of benzene rings is 1. The Morgan fingerprint density at radius 3 is 2.45 bits per heavy atom. The van der Waals surface area contributed by atoms with Crippen molar-refractivity contribution in [2.75, 3.05) is 17.2 Å². The van der Waals surface area contributed by atoms with Gasteiger partial charge in [0.05, 0.1) is 16.9 Å². The molecular formula is C15H18FN3O3. The lowest BCUT2D eigenvalue weighted by molar-refractivity contribution is -0.152. The van der Waals surface area contributed by atoms with Crippen molar-refractivity contribution >= 4 is 23.3 Å². The number of nitrogens with one attached hydrogen (secondary N) is 2. The molecule has 0 heterocycles. The van der Waals surface area contributed by atoms with E-state index in [1.165, 1.54) is 13.0 Å². The second kappa shape index (κ2) is 6.89. The summed E-state index contributed by atoms with van der Waals surface area (Å²) in [5, 5.41) is 14.0. The van der Waals surface area contributed by atoms with E-state index in [9.17, 15) is 14.0 Å². The molecule has 0 saturated heterocycles. The van der Waals surface area contributed by atoms with Gasteiger partial charge in [-0.3, -0.25) is 9.59 Å². The summed E-state index contributed by atoms with van der Waals surface area (Å²) < 4.78 is 19.0. The van der Waals surface area contributed by atoms with Gasteiger partial charge in [-0.25, -0.2) is 4.39 Å². The third kappa shape index (κ3) is 5.40. The Labute approximate surface area is 128 Å². The monoisotopic (exact) mass is 307 g/mol. The SMILES string of the molecule is CC(=O)Nc1cc(NCC(=O)OC(C)(C)C)c(F)cc1C#N. The molecule has 0 bridgehead atoms. The van der Waals surface area contributed by atoms with Crippen LogP contribution in [0.5, 0.6) is 0 Å². The molecule has 0 unspecified atom stereocenters. The Morgan fingerprint density at radius 2 is 1.95 bits per heavy atom. The van der Waals surface area contributed by atoms with Crippen molar-refractivity contribution in [2.24, 2.45) is 0 Å². The van der Waals surface area contributed by atoms with Crippen LogP contribution in [0.1, 0.15) is 33.3 Å². The Balaban J connectivity index is 2.89. The standard InChI is InChI=1S/C15H18FN3O3/c1-9(20)19-12-6-13(11(16)5-10(12)7-17)18-8-14(21)22-15(2,3)4/h5-6,18H,8H2,1-4H3,(H,19,20). The number of hydrogen-bond acceptors (Lipinski definition) is 5. The number of esters is 1. The molecule has 0 saturated carbocycles. The van der Waals surface area contributed by atoms with E-state index < -0.39 is 17.4 Å². The van der Waals surface area contributed by atoms with Gasteiger partial charge in [0.25, 0.3) is 0 Å². The number of anilines is 2. The fraction of sp³-hybridized carbons (Fsp3) is 0.400. The highest BCUT2D eigenvalue weighted by atomic mass is 19.1. The van der Waals surface area contributed by atoms with Crippen molar-refractivity contribution in [3.05, 3.63) is 23.5 Å². The predicted octanol–water partition coefficient (Wildman–Crippen LogP) is 2.41. The molecule has 1 aromatic carbocycles. The van der Waals surface area contributed by atoms with Gasteiger partial charge in [0, 0.05) is 6.92 Å². The van der Waals surface area contributed by atoms with E-state index >= 15 is 0 Å². The molecule has 0 aromatic heterocycles. The molecule has 0 aliphatic carbocycles. The van der Waals surface area contributed by atoms with Crippen molar-refractivity contribution in [1.29, 1.82) is 5.26 Å². The molecule has 7 heteroatoms. The van der Waals surface area contributed by atoms with Crippen LogP contribution in [0.25, 0.3) is 0 Å². The minimum Gasteiger partial charge on any atom is -0.459 e. The lowest BCUT2D eigenvalue weighted by Crippen LogP contribution is -2.28. The summed E-state index contributed by atoms with van der Waals surface area (Å²) in [4.78, 5) is 22.7. The summed E-state index contributed by atoms with van der Waals surface area (Å²) in [6.45, 7) is 6.21. The van der Waals surface area contributed by atoms with Gasteiger partial charge in [-0.05, 0) is 32.9 Å². The van der Waals surface area contributed by atoms with Crippen LogP contribution >= 0.6 is 0 Å². The number of ether oxygens (including phenoxy) is 1. The Morgan fingerprint density at radius 1 is 1.32 bits per heavy atom. The largest absolute Gasteiger partial charge is 0.459 e. The normalized spacial score (nSPS) is 10.5. The van der Waals surface area contributed by atoms with E-state index in [1.807, 2.05) is 0 Å². The van der Waals surface area contributed by atoms with Crippen molar-refractivity contribution in [1.82, 2.24) is 0 Å². The van der Waals surface area contributed by atoms with E-state index in [0.717, 1.165) is 6.07 Å². The average molecular weight is 307 g/mol. The first-order chi connectivity index (χ1) is 10.1. The first-order valence-corrected chi connectivity index (χ1v) is 6.59. The van der Waals surface area contributed by atoms with Crippen LogP contribution in [0.2, 0.25) is 0 Å². The Hall–Kier alpha value is -2.62. The van der Waals surface area contributed by atoms with E-state index in [4.69, 9.17) is 10.00 Å². The lowest BCUT2D eigenvalue weighted by Gasteiger charge is -2.20. The zero-order chi connectivity index (χ0) is 16.9. The molecule has 0 radical (unpaired) electrons. The average Bonchev–Trinajstić information content (AvgIpc) is 2.36. The highest BCUT2D eigenvalue weighted by Gasteiger charge is 2.17. The van der Waals surface area contributed by atoms with Crippen LogP contribution in [-0.2, 0) is 14.3 Å². The molecule has 2 N–H and O–H groups in total. The third-order valence-electron chi connectivity index (χ3n) is 2.38. The summed E-state index contributed by atoms with van der Waals surface area (Å²) in [6, 6.07) is 4.04. The van der Waals surface area contributed by atoms with Crippen LogP contribution in [-0.4, -0.2) is 24.0 Å². The number of hydrogen-bond donors (Lipinski definition) is 2. The maximum absolute atomic E-state index is 13.9. The summed E-state index contributed by atoms with van der Waals surface area (Å²) in [7, 11) is 0. The van der Waals surface area contributed by atoms with Crippen molar-refractivity contribution in [3.63, 3.8) is 0 Å². The smallest absolute Gasteiger partial charge is 0.325 e. The molecule has 0 aliphatic heterocycles. The van der Waals surface area contributed by atoms with Gasteiger partial charge in [-0.15, -0.1) is 0 Å². The topological polar surface area (TPSA) is 91.2 Å². The quantitative estimate of drug-likeness (QED) is 0.833. The van der Waals surface area contributed by atoms with Crippen molar-refractivity contribution < 1.29 is 18.7 Å². The summed E-state index contributed by atoms with van der Waals surface area (Å²) in [5.74, 6) is -1.63. The van der Waals surface area contributed by atoms with Gasteiger partial charge in [0.1, 0.15) is 24.0 Å². The number of rotatable bonds is 4. The third-order valence-corrected chi connectivity index (χ3v) is 2.38. The molecule has 1 amide bonds. The minimum absolute atomic E-state index is 0.00415. The minimum atomic E-state index is -0.700.